The van der Waals surface area contributed by atoms with Gasteiger partial charge in [-0.05, 0) is 43.2 Å². The van der Waals surface area contributed by atoms with E-state index in [9.17, 15) is 14.4 Å². The van der Waals surface area contributed by atoms with Crippen LogP contribution in [0.5, 0.6) is 0 Å². The van der Waals surface area contributed by atoms with Crippen molar-refractivity contribution < 1.29 is 14.4 Å². The number of benzodiazepines with no additional fused rings is 1. The number of carbonyl (C=O) groups is 3. The van der Waals surface area contributed by atoms with Crippen LogP contribution in [0.1, 0.15) is 64.1 Å². The Labute approximate surface area is 209 Å². The zero-order valence-corrected chi connectivity index (χ0v) is 19.8. The van der Waals surface area contributed by atoms with E-state index >= 15 is 0 Å². The molecular formula is C29H26N4O3. The van der Waals surface area contributed by atoms with Gasteiger partial charge in [-0.15, -0.1) is 0 Å². The smallest absolute Gasteiger partial charge is 0.273 e. The van der Waals surface area contributed by atoms with E-state index in [-0.39, 0.29) is 12.5 Å². The van der Waals surface area contributed by atoms with Crippen molar-refractivity contribution in [2.75, 3.05) is 4.90 Å². The molecule has 3 aromatic rings. The number of imide groups is 1. The summed E-state index contributed by atoms with van der Waals surface area (Å²) in [6.45, 7) is 0.212. The van der Waals surface area contributed by atoms with Crippen molar-refractivity contribution in [2.24, 2.45) is 10.9 Å². The van der Waals surface area contributed by atoms with E-state index in [4.69, 9.17) is 4.99 Å². The van der Waals surface area contributed by atoms with Crippen LogP contribution in [0.25, 0.3) is 0 Å². The lowest BCUT2D eigenvalue weighted by molar-refractivity contribution is -0.122. The van der Waals surface area contributed by atoms with Gasteiger partial charge in [0.15, 0.2) is 0 Å². The molecule has 1 aromatic heterocycles. The van der Waals surface area contributed by atoms with Crippen molar-refractivity contribution in [3.05, 3.63) is 95.3 Å². The number of nitrogens with zero attached hydrogens (tertiary/aromatic N) is 4. The lowest BCUT2D eigenvalue weighted by Crippen LogP contribution is -2.49. The Kier molecular flexibility index (Phi) is 5.68. The monoisotopic (exact) mass is 478 g/mol. The van der Waals surface area contributed by atoms with E-state index in [1.54, 1.807) is 35.4 Å². The summed E-state index contributed by atoms with van der Waals surface area (Å²) in [6.07, 6.45) is 5.72. The highest BCUT2D eigenvalue weighted by Gasteiger charge is 2.46. The number of carbonyl (C=O) groups excluding carboxylic acids is 3. The number of rotatable bonds is 4. The fraction of sp³-hybridized carbons (Fsp3) is 0.276. The molecule has 2 aromatic carbocycles. The number of amides is 3. The second-order valence-corrected chi connectivity index (χ2v) is 9.51. The number of aliphatic imine (C=N–C) groups is 1. The fourth-order valence-corrected chi connectivity index (χ4v) is 5.56. The van der Waals surface area contributed by atoms with Crippen LogP contribution < -0.4 is 4.90 Å². The van der Waals surface area contributed by atoms with Gasteiger partial charge in [0.25, 0.3) is 17.7 Å². The SMILES string of the molecule is O=C1C(N2C(=O)c3ccccc3C2=O)N=C(C2CCCCC2)c2ccccc2N1Cc1ccccn1. The van der Waals surface area contributed by atoms with Gasteiger partial charge in [0.2, 0.25) is 6.17 Å². The molecule has 6 rings (SSSR count). The summed E-state index contributed by atoms with van der Waals surface area (Å²) in [6, 6.07) is 20.0. The minimum atomic E-state index is -1.27. The van der Waals surface area contributed by atoms with Crippen LogP contribution in [-0.2, 0) is 11.3 Å². The van der Waals surface area contributed by atoms with Crippen LogP contribution in [0.4, 0.5) is 5.69 Å². The molecule has 0 spiro atoms. The molecule has 0 radical (unpaired) electrons. The number of fused-ring (bicyclic) bond motifs is 2. The number of benzene rings is 2. The predicted octanol–water partition coefficient (Wildman–Crippen LogP) is 4.62. The van der Waals surface area contributed by atoms with Crippen molar-refractivity contribution in [3.8, 4) is 0 Å². The molecule has 1 saturated carbocycles. The van der Waals surface area contributed by atoms with Crippen LogP contribution in [0.3, 0.4) is 0 Å². The van der Waals surface area contributed by atoms with E-state index in [0.29, 0.717) is 16.8 Å². The maximum Gasteiger partial charge on any atom is 0.273 e. The molecule has 0 N–H and O–H groups in total. The quantitative estimate of drug-likeness (QED) is 0.513. The van der Waals surface area contributed by atoms with Crippen molar-refractivity contribution in [1.82, 2.24) is 9.88 Å². The first-order valence-electron chi connectivity index (χ1n) is 12.5. The third-order valence-electron chi connectivity index (χ3n) is 7.33. The molecule has 36 heavy (non-hydrogen) atoms. The molecule has 1 atom stereocenters. The van der Waals surface area contributed by atoms with Crippen LogP contribution in [0, 0.1) is 5.92 Å². The summed E-state index contributed by atoms with van der Waals surface area (Å²) in [5.74, 6) is -1.21. The summed E-state index contributed by atoms with van der Waals surface area (Å²) in [7, 11) is 0. The molecule has 1 fully saturated rings. The Morgan fingerprint density at radius 1 is 0.750 bits per heavy atom. The second-order valence-electron chi connectivity index (χ2n) is 9.51. The van der Waals surface area contributed by atoms with Gasteiger partial charge in [0, 0.05) is 17.7 Å². The van der Waals surface area contributed by atoms with Gasteiger partial charge in [-0.1, -0.05) is 55.7 Å². The molecule has 3 aliphatic rings. The highest BCUT2D eigenvalue weighted by Crippen LogP contribution is 2.36. The van der Waals surface area contributed by atoms with Gasteiger partial charge >= 0.3 is 0 Å². The van der Waals surface area contributed by atoms with Crippen LogP contribution in [0.2, 0.25) is 0 Å². The largest absolute Gasteiger partial charge is 0.302 e. The van der Waals surface area contributed by atoms with Crippen LogP contribution >= 0.6 is 0 Å². The first-order chi connectivity index (χ1) is 17.6. The average Bonchev–Trinajstić information content (AvgIpc) is 3.11. The zero-order chi connectivity index (χ0) is 24.6. The summed E-state index contributed by atoms with van der Waals surface area (Å²) in [5.41, 5.74) is 3.75. The van der Waals surface area contributed by atoms with Gasteiger partial charge in [-0.3, -0.25) is 24.4 Å². The Hall–Kier alpha value is -4.13. The summed E-state index contributed by atoms with van der Waals surface area (Å²) >= 11 is 0. The Morgan fingerprint density at radius 3 is 2.06 bits per heavy atom. The average molecular weight is 479 g/mol. The number of pyridine rings is 1. The Morgan fingerprint density at radius 2 is 1.39 bits per heavy atom. The van der Waals surface area contributed by atoms with Crippen molar-refractivity contribution in [1.29, 1.82) is 0 Å². The third-order valence-corrected chi connectivity index (χ3v) is 7.33. The minimum Gasteiger partial charge on any atom is -0.302 e. The molecule has 0 bridgehead atoms. The van der Waals surface area contributed by atoms with Gasteiger partial charge in [0.1, 0.15) is 0 Å². The lowest BCUT2D eigenvalue weighted by atomic mass is 9.82. The number of hydrogen-bond donors (Lipinski definition) is 0. The molecule has 1 aliphatic carbocycles. The first-order valence-corrected chi connectivity index (χ1v) is 12.5. The topological polar surface area (TPSA) is 82.9 Å². The summed E-state index contributed by atoms with van der Waals surface area (Å²) < 4.78 is 0. The second kappa shape index (κ2) is 9.15. The zero-order valence-electron chi connectivity index (χ0n) is 19.8. The van der Waals surface area contributed by atoms with E-state index < -0.39 is 23.9 Å². The molecule has 7 heteroatoms. The lowest BCUT2D eigenvalue weighted by Gasteiger charge is -2.28. The fourth-order valence-electron chi connectivity index (χ4n) is 5.56. The molecule has 180 valence electrons. The van der Waals surface area contributed by atoms with Crippen molar-refractivity contribution in [2.45, 2.75) is 44.8 Å². The van der Waals surface area contributed by atoms with E-state index in [1.807, 2.05) is 42.5 Å². The Bertz CT molecular complexity index is 1340. The molecule has 7 nitrogen and oxygen atoms in total. The molecule has 0 saturated heterocycles. The predicted molar refractivity (Wildman–Crippen MR) is 136 cm³/mol. The molecule has 3 amide bonds. The first kappa shape index (κ1) is 22.3. The van der Waals surface area contributed by atoms with Crippen LogP contribution in [0.15, 0.2) is 77.9 Å². The highest BCUT2D eigenvalue weighted by atomic mass is 16.2. The van der Waals surface area contributed by atoms with Gasteiger partial charge in [-0.25, -0.2) is 4.90 Å². The van der Waals surface area contributed by atoms with E-state index in [1.165, 1.54) is 6.42 Å². The maximum atomic E-state index is 14.2. The van der Waals surface area contributed by atoms with Gasteiger partial charge < -0.3 is 4.90 Å². The summed E-state index contributed by atoms with van der Waals surface area (Å²) in [5, 5.41) is 0. The summed E-state index contributed by atoms with van der Waals surface area (Å²) in [4.78, 5) is 53.2. The normalized spacial score (nSPS) is 20.2. The van der Waals surface area contributed by atoms with Gasteiger partial charge in [0.05, 0.1) is 34.8 Å². The molecular weight excluding hydrogens is 452 g/mol. The molecule has 2 aliphatic heterocycles. The maximum absolute atomic E-state index is 14.2. The van der Waals surface area contributed by atoms with Crippen LogP contribution in [-0.4, -0.2) is 39.5 Å². The highest BCUT2D eigenvalue weighted by molar-refractivity contribution is 6.24. The minimum absolute atomic E-state index is 0.167. The third kappa shape index (κ3) is 3.71. The van der Waals surface area contributed by atoms with Gasteiger partial charge in [-0.2, -0.15) is 0 Å². The number of para-hydroxylation sites is 1. The molecule has 3 heterocycles. The molecule has 1 unspecified atom stereocenters. The number of hydrogen-bond acceptors (Lipinski definition) is 5. The number of anilines is 1. The van der Waals surface area contributed by atoms with Crippen molar-refractivity contribution >= 4 is 29.1 Å². The number of aromatic nitrogens is 1. The van der Waals surface area contributed by atoms with E-state index in [0.717, 1.165) is 47.5 Å². The van der Waals surface area contributed by atoms with E-state index in [2.05, 4.69) is 4.98 Å². The van der Waals surface area contributed by atoms with Crippen molar-refractivity contribution in [3.63, 3.8) is 0 Å². The Balaban J connectivity index is 1.50. The standard InChI is InChI=1S/C29H26N4O3/c34-27-21-13-4-5-14-22(21)28(35)33(27)26-29(36)32(18-20-12-8-9-17-30-20)24-16-7-6-15-23(24)25(31-26)19-10-2-1-3-11-19/h4-9,12-17,19,26H,1-3,10-11,18H2.